The summed E-state index contributed by atoms with van der Waals surface area (Å²) in [5.41, 5.74) is 10.1. The quantitative estimate of drug-likeness (QED) is 0.553. The molecule has 0 spiro atoms. The summed E-state index contributed by atoms with van der Waals surface area (Å²) in [6, 6.07) is 9.21. The van der Waals surface area contributed by atoms with Crippen molar-refractivity contribution in [2.24, 2.45) is 0 Å². The van der Waals surface area contributed by atoms with Crippen molar-refractivity contribution in [2.45, 2.75) is 0 Å². The van der Waals surface area contributed by atoms with Gasteiger partial charge in [-0.15, -0.1) is 0 Å². The van der Waals surface area contributed by atoms with Gasteiger partial charge in [-0.2, -0.15) is 0 Å². The molecule has 0 saturated carbocycles. The van der Waals surface area contributed by atoms with Gasteiger partial charge in [0.1, 0.15) is 5.69 Å². The predicted octanol–water partition coefficient (Wildman–Crippen LogP) is 2.92. The summed E-state index contributed by atoms with van der Waals surface area (Å²) < 4.78 is 0. The standard InChI is InChI=1S/C17H14ClN5O/c18-10-1-2-13-12(9-10)15-14(5-8-20-17(24)16(15)21-13)23-22-11-3-6-19-7-4-11/h1-7,9,21,23H,8H2,(H,19,22)(H,20,24). The van der Waals surface area contributed by atoms with Gasteiger partial charge in [0.05, 0.1) is 11.4 Å². The van der Waals surface area contributed by atoms with Crippen LogP contribution in [0.2, 0.25) is 5.02 Å². The zero-order chi connectivity index (χ0) is 16.5. The Morgan fingerprint density at radius 2 is 1.96 bits per heavy atom. The average Bonchev–Trinajstić information content (AvgIpc) is 2.89. The van der Waals surface area contributed by atoms with E-state index in [0.29, 0.717) is 17.3 Å². The summed E-state index contributed by atoms with van der Waals surface area (Å²) in [5, 5.41) is 4.36. The number of benzene rings is 1. The number of H-pyrrole nitrogens is 1. The van der Waals surface area contributed by atoms with Gasteiger partial charge >= 0.3 is 0 Å². The molecule has 1 amide bonds. The molecule has 120 valence electrons. The van der Waals surface area contributed by atoms with Crippen LogP contribution in [-0.2, 0) is 0 Å². The van der Waals surface area contributed by atoms with Crippen LogP contribution < -0.4 is 16.2 Å². The van der Waals surface area contributed by atoms with E-state index >= 15 is 0 Å². The Bertz CT molecular complexity index is 948. The molecule has 1 aromatic carbocycles. The highest BCUT2D eigenvalue weighted by molar-refractivity contribution is 6.31. The average molecular weight is 340 g/mol. The number of fused-ring (bicyclic) bond motifs is 3. The lowest BCUT2D eigenvalue weighted by atomic mass is 10.1. The molecule has 6 nitrogen and oxygen atoms in total. The largest absolute Gasteiger partial charge is 0.350 e. The van der Waals surface area contributed by atoms with Crippen LogP contribution in [0.3, 0.4) is 0 Å². The Hall–Kier alpha value is -2.99. The minimum absolute atomic E-state index is 0.144. The van der Waals surface area contributed by atoms with Gasteiger partial charge in [-0.05, 0) is 36.4 Å². The molecule has 0 fully saturated rings. The number of hydrogen-bond acceptors (Lipinski definition) is 4. The highest BCUT2D eigenvalue weighted by Crippen LogP contribution is 2.31. The number of amides is 1. The Morgan fingerprint density at radius 1 is 1.12 bits per heavy atom. The van der Waals surface area contributed by atoms with Crippen LogP contribution in [0, 0.1) is 0 Å². The Labute approximate surface area is 142 Å². The molecule has 3 heterocycles. The second-order valence-electron chi connectivity index (χ2n) is 5.38. The number of nitrogens with one attached hydrogen (secondary N) is 4. The smallest absolute Gasteiger partial charge is 0.268 e. The first kappa shape index (κ1) is 14.6. The van der Waals surface area contributed by atoms with Crippen LogP contribution in [-0.4, -0.2) is 22.4 Å². The second-order valence-corrected chi connectivity index (χ2v) is 5.82. The molecule has 0 saturated heterocycles. The number of pyridine rings is 1. The van der Waals surface area contributed by atoms with Crippen LogP contribution in [0.1, 0.15) is 16.1 Å². The van der Waals surface area contributed by atoms with Gasteiger partial charge in [-0.1, -0.05) is 11.6 Å². The number of hydrazine groups is 1. The van der Waals surface area contributed by atoms with E-state index < -0.39 is 0 Å². The van der Waals surface area contributed by atoms with Gasteiger partial charge in [-0.3, -0.25) is 9.78 Å². The zero-order valence-corrected chi connectivity index (χ0v) is 13.3. The number of nitrogens with zero attached hydrogens (tertiary/aromatic N) is 1. The molecule has 0 atom stereocenters. The van der Waals surface area contributed by atoms with E-state index in [2.05, 4.69) is 26.1 Å². The summed E-state index contributed by atoms with van der Waals surface area (Å²) in [7, 11) is 0. The molecular formula is C17H14ClN5O. The summed E-state index contributed by atoms with van der Waals surface area (Å²) in [6.45, 7) is 0.434. The Kier molecular flexibility index (Phi) is 3.59. The first-order valence-electron chi connectivity index (χ1n) is 7.44. The molecule has 1 aliphatic rings. The van der Waals surface area contributed by atoms with Crippen LogP contribution in [0.15, 0.2) is 48.8 Å². The normalized spacial score (nSPS) is 13.7. The molecule has 0 unspecified atom stereocenters. The minimum atomic E-state index is -0.144. The van der Waals surface area contributed by atoms with Crippen molar-refractivity contribution in [3.05, 3.63) is 65.1 Å². The Morgan fingerprint density at radius 3 is 2.79 bits per heavy atom. The highest BCUT2D eigenvalue weighted by Gasteiger charge is 2.23. The fourth-order valence-corrected chi connectivity index (χ4v) is 2.91. The van der Waals surface area contributed by atoms with Gasteiger partial charge in [0.15, 0.2) is 0 Å². The molecule has 4 rings (SSSR count). The van der Waals surface area contributed by atoms with E-state index in [1.54, 1.807) is 18.5 Å². The third kappa shape index (κ3) is 2.57. The maximum absolute atomic E-state index is 12.3. The molecule has 1 aliphatic heterocycles. The summed E-state index contributed by atoms with van der Waals surface area (Å²) >= 11 is 6.14. The van der Waals surface area contributed by atoms with Crippen molar-refractivity contribution >= 4 is 39.8 Å². The van der Waals surface area contributed by atoms with Crippen molar-refractivity contribution in [2.75, 3.05) is 12.0 Å². The number of aromatic amines is 1. The van der Waals surface area contributed by atoms with E-state index in [9.17, 15) is 4.79 Å². The predicted molar refractivity (Wildman–Crippen MR) is 94.6 cm³/mol. The molecule has 2 aromatic heterocycles. The summed E-state index contributed by atoms with van der Waals surface area (Å²) in [4.78, 5) is 19.5. The molecule has 24 heavy (non-hydrogen) atoms. The number of carbonyl (C=O) groups is 1. The number of anilines is 1. The lowest BCUT2D eigenvalue weighted by Gasteiger charge is -2.13. The topological polar surface area (TPSA) is 81.8 Å². The molecule has 3 aromatic rings. The van der Waals surface area contributed by atoms with Crippen LogP contribution in [0.5, 0.6) is 0 Å². The van der Waals surface area contributed by atoms with Crippen molar-refractivity contribution in [3.63, 3.8) is 0 Å². The fourth-order valence-electron chi connectivity index (χ4n) is 2.74. The SMILES string of the molecule is O=C1NCC=C(NNc2ccncc2)c2c1[nH]c1ccc(Cl)cc21. The maximum atomic E-state index is 12.3. The molecule has 0 radical (unpaired) electrons. The lowest BCUT2D eigenvalue weighted by Crippen LogP contribution is -2.22. The van der Waals surface area contributed by atoms with Crippen molar-refractivity contribution < 1.29 is 4.79 Å². The molecule has 0 aliphatic carbocycles. The van der Waals surface area contributed by atoms with Gasteiger partial charge < -0.3 is 21.2 Å². The van der Waals surface area contributed by atoms with E-state index in [0.717, 1.165) is 27.9 Å². The van der Waals surface area contributed by atoms with Crippen molar-refractivity contribution in [1.29, 1.82) is 0 Å². The highest BCUT2D eigenvalue weighted by atomic mass is 35.5. The van der Waals surface area contributed by atoms with Crippen molar-refractivity contribution in [3.8, 4) is 0 Å². The fraction of sp³-hybridized carbons (Fsp3) is 0.0588. The van der Waals surface area contributed by atoms with E-state index in [1.807, 2.05) is 30.3 Å². The Balaban J connectivity index is 1.77. The third-order valence-electron chi connectivity index (χ3n) is 3.85. The minimum Gasteiger partial charge on any atom is -0.350 e. The molecule has 7 heteroatoms. The molecular weight excluding hydrogens is 326 g/mol. The second kappa shape index (κ2) is 5.90. The number of aromatic nitrogens is 2. The first-order chi connectivity index (χ1) is 11.7. The number of hydrogen-bond donors (Lipinski definition) is 4. The zero-order valence-electron chi connectivity index (χ0n) is 12.6. The van der Waals surface area contributed by atoms with Crippen LogP contribution >= 0.6 is 11.6 Å². The van der Waals surface area contributed by atoms with E-state index in [1.165, 1.54) is 0 Å². The van der Waals surface area contributed by atoms with Gasteiger partial charge in [0.2, 0.25) is 0 Å². The third-order valence-corrected chi connectivity index (χ3v) is 4.08. The number of carbonyl (C=O) groups excluding carboxylic acids is 1. The van der Waals surface area contributed by atoms with Gasteiger partial charge in [0, 0.05) is 40.4 Å². The summed E-state index contributed by atoms with van der Waals surface area (Å²) in [5.74, 6) is -0.144. The number of rotatable bonds is 3. The van der Waals surface area contributed by atoms with Gasteiger partial charge in [-0.25, -0.2) is 0 Å². The number of halogens is 1. The lowest BCUT2D eigenvalue weighted by molar-refractivity contribution is 0.0954. The molecule has 0 bridgehead atoms. The maximum Gasteiger partial charge on any atom is 0.268 e. The molecule has 4 N–H and O–H groups in total. The van der Waals surface area contributed by atoms with E-state index in [4.69, 9.17) is 11.6 Å². The van der Waals surface area contributed by atoms with Gasteiger partial charge in [0.25, 0.3) is 5.91 Å². The summed E-state index contributed by atoms with van der Waals surface area (Å²) in [6.07, 6.45) is 5.33. The van der Waals surface area contributed by atoms with Crippen molar-refractivity contribution in [1.82, 2.24) is 20.7 Å². The van der Waals surface area contributed by atoms with Crippen LogP contribution in [0.25, 0.3) is 16.6 Å². The van der Waals surface area contributed by atoms with Crippen LogP contribution in [0.4, 0.5) is 5.69 Å². The first-order valence-corrected chi connectivity index (χ1v) is 7.82. The monoisotopic (exact) mass is 339 g/mol. The van der Waals surface area contributed by atoms with E-state index in [-0.39, 0.29) is 5.91 Å².